The Morgan fingerprint density at radius 1 is 1.03 bits per heavy atom. The summed E-state index contributed by atoms with van der Waals surface area (Å²) in [5.41, 5.74) is 2.65. The normalized spacial score (nSPS) is 18.5. The average molecular weight is 486 g/mol. The van der Waals surface area contributed by atoms with Gasteiger partial charge in [0.05, 0.1) is 17.3 Å². The summed E-state index contributed by atoms with van der Waals surface area (Å²) in [7, 11) is 0. The van der Waals surface area contributed by atoms with Gasteiger partial charge >= 0.3 is 5.97 Å². The Morgan fingerprint density at radius 2 is 1.86 bits per heavy atom. The predicted octanol–water partition coefficient (Wildman–Crippen LogP) is 4.95. The fourth-order valence-corrected chi connectivity index (χ4v) is 4.75. The number of hydrogen-bond acceptors (Lipinski definition) is 6. The van der Waals surface area contributed by atoms with Crippen LogP contribution < -0.4 is 19.7 Å². The Balaban J connectivity index is 1.41. The molecule has 0 amide bonds. The topological polar surface area (TPSA) is 97.1 Å². The molecule has 9 heteroatoms. The van der Waals surface area contributed by atoms with Gasteiger partial charge in [-0.2, -0.15) is 0 Å². The number of carboxylic acid groups (broad SMARTS) is 1. The molecule has 8 nitrogen and oxygen atoms in total. The van der Waals surface area contributed by atoms with Gasteiger partial charge in [-0.05, 0) is 60.7 Å². The number of rotatable bonds is 5. The van der Waals surface area contributed by atoms with Gasteiger partial charge in [0.15, 0.2) is 16.6 Å². The Bertz CT molecular complexity index is 1420. The lowest BCUT2D eigenvalue weighted by molar-refractivity contribution is 0.0697. The second-order valence-electron chi connectivity index (χ2n) is 8.12. The molecule has 174 valence electrons. The number of ether oxygens (including phenoxy) is 2. The highest BCUT2D eigenvalue weighted by molar-refractivity contribution is 7.80. The number of furan rings is 1. The molecule has 0 saturated carbocycles. The van der Waals surface area contributed by atoms with E-state index in [2.05, 4.69) is 10.3 Å². The van der Waals surface area contributed by atoms with Crippen LogP contribution in [0.15, 0.2) is 83.4 Å². The fraction of sp³-hybridized carbons (Fsp3) is 0.115. The second kappa shape index (κ2) is 8.44. The number of fused-ring (bicyclic) bond motifs is 1. The molecule has 2 N–H and O–H groups in total. The third-order valence-electron chi connectivity index (χ3n) is 6.07. The first-order valence-electron chi connectivity index (χ1n) is 10.9. The van der Waals surface area contributed by atoms with Crippen molar-refractivity contribution in [3.63, 3.8) is 0 Å². The monoisotopic (exact) mass is 485 g/mol. The molecule has 2 aromatic carbocycles. The number of hydrogen-bond donors (Lipinski definition) is 2. The number of benzene rings is 2. The maximum atomic E-state index is 11.2. The number of aromatic carboxylic acids is 1. The van der Waals surface area contributed by atoms with Crippen LogP contribution in [0, 0.1) is 0 Å². The number of nitrogens with zero attached hydrogens (tertiary/aromatic N) is 2. The van der Waals surface area contributed by atoms with E-state index < -0.39 is 5.97 Å². The highest BCUT2D eigenvalue weighted by Gasteiger charge is 2.43. The summed E-state index contributed by atoms with van der Waals surface area (Å²) in [6.07, 6.45) is 1.75. The van der Waals surface area contributed by atoms with Crippen LogP contribution in [0.4, 0.5) is 5.69 Å². The van der Waals surface area contributed by atoms with E-state index in [-0.39, 0.29) is 24.4 Å². The van der Waals surface area contributed by atoms with Crippen molar-refractivity contribution in [2.45, 2.75) is 12.1 Å². The Kier molecular flexibility index (Phi) is 5.11. The van der Waals surface area contributed by atoms with Crippen LogP contribution in [-0.2, 0) is 0 Å². The molecule has 0 bridgehead atoms. The average Bonchev–Trinajstić information content (AvgIpc) is 3.62. The smallest absolute Gasteiger partial charge is 0.335 e. The molecule has 0 unspecified atom stereocenters. The number of carbonyl (C=O) groups is 1. The van der Waals surface area contributed by atoms with E-state index in [9.17, 15) is 9.90 Å². The molecule has 4 aromatic rings. The molecular weight excluding hydrogens is 466 g/mol. The van der Waals surface area contributed by atoms with E-state index in [4.69, 9.17) is 26.1 Å². The number of aromatic nitrogens is 1. The highest BCUT2D eigenvalue weighted by atomic mass is 32.1. The van der Waals surface area contributed by atoms with E-state index >= 15 is 0 Å². The van der Waals surface area contributed by atoms with E-state index in [0.29, 0.717) is 28.1 Å². The van der Waals surface area contributed by atoms with E-state index in [1.807, 2.05) is 53.4 Å². The number of anilines is 1. The first-order chi connectivity index (χ1) is 17.1. The number of carboxylic acids is 1. The Hall–Kier alpha value is -4.37. The van der Waals surface area contributed by atoms with Crippen LogP contribution in [0.25, 0.3) is 11.3 Å². The van der Waals surface area contributed by atoms with Gasteiger partial charge in [0.1, 0.15) is 17.6 Å². The number of thiocarbonyl (C=S) groups is 1. The largest absolute Gasteiger partial charge is 0.478 e. The Morgan fingerprint density at radius 3 is 2.63 bits per heavy atom. The lowest BCUT2D eigenvalue weighted by atomic mass is 10.0. The van der Waals surface area contributed by atoms with Crippen molar-refractivity contribution in [2.24, 2.45) is 0 Å². The van der Waals surface area contributed by atoms with Gasteiger partial charge in [0.2, 0.25) is 6.79 Å². The lowest BCUT2D eigenvalue weighted by Crippen LogP contribution is -2.29. The zero-order chi connectivity index (χ0) is 23.9. The summed E-state index contributed by atoms with van der Waals surface area (Å²) in [6, 6.07) is 21.2. The van der Waals surface area contributed by atoms with Gasteiger partial charge in [-0.15, -0.1) is 0 Å². The summed E-state index contributed by atoms with van der Waals surface area (Å²) in [5, 5.41) is 13.1. The molecule has 6 rings (SSSR count). The second-order valence-corrected chi connectivity index (χ2v) is 8.51. The molecule has 0 aliphatic carbocycles. The van der Waals surface area contributed by atoms with Crippen molar-refractivity contribution in [3.05, 3.63) is 96.0 Å². The third-order valence-corrected chi connectivity index (χ3v) is 6.38. The molecule has 2 aromatic heterocycles. The SMILES string of the molecule is O=C(O)c1ccc(-c2ccc([C@H]3[C@@H](c4ccccn4)NC(=S)N3c3ccc4c(c3)OCO4)o2)cc1. The van der Waals surface area contributed by atoms with Gasteiger partial charge in [-0.3, -0.25) is 4.98 Å². The van der Waals surface area contributed by atoms with Gasteiger partial charge in [0, 0.05) is 23.5 Å². The number of nitrogens with one attached hydrogen (secondary N) is 1. The van der Waals surface area contributed by atoms with Crippen molar-refractivity contribution in [3.8, 4) is 22.8 Å². The predicted molar refractivity (Wildman–Crippen MR) is 132 cm³/mol. The first kappa shape index (κ1) is 21.2. The summed E-state index contributed by atoms with van der Waals surface area (Å²) in [4.78, 5) is 17.7. The molecule has 0 radical (unpaired) electrons. The maximum absolute atomic E-state index is 11.2. The summed E-state index contributed by atoms with van der Waals surface area (Å²) >= 11 is 5.76. The highest BCUT2D eigenvalue weighted by Crippen LogP contribution is 2.45. The minimum absolute atomic E-state index is 0.184. The van der Waals surface area contributed by atoms with Gasteiger partial charge < -0.3 is 29.2 Å². The molecular formula is C26H19N3O5S. The molecule has 1 fully saturated rings. The maximum Gasteiger partial charge on any atom is 0.335 e. The standard InChI is InChI=1S/C26H19N3O5S/c30-25(31)16-6-4-15(5-7-16)19-10-11-21(34-19)24-23(18-3-1-2-12-27-18)28-26(35)29(24)17-8-9-20-22(13-17)33-14-32-20/h1-13,23-24H,14H2,(H,28,35)(H,30,31)/t23-,24+/m1/s1. The minimum Gasteiger partial charge on any atom is -0.478 e. The van der Waals surface area contributed by atoms with Crippen LogP contribution in [0.1, 0.15) is 33.9 Å². The van der Waals surface area contributed by atoms with Crippen LogP contribution in [0.5, 0.6) is 11.5 Å². The van der Waals surface area contributed by atoms with Crippen LogP contribution >= 0.6 is 12.2 Å². The summed E-state index contributed by atoms with van der Waals surface area (Å²) in [5.74, 6) is 1.68. The van der Waals surface area contributed by atoms with E-state index in [1.165, 1.54) is 0 Å². The molecule has 2 aliphatic heterocycles. The van der Waals surface area contributed by atoms with Crippen LogP contribution in [0.2, 0.25) is 0 Å². The molecule has 0 spiro atoms. The van der Waals surface area contributed by atoms with Crippen molar-refractivity contribution in [1.82, 2.24) is 10.3 Å². The van der Waals surface area contributed by atoms with Crippen molar-refractivity contribution in [2.75, 3.05) is 11.7 Å². The number of pyridine rings is 1. The van der Waals surface area contributed by atoms with E-state index in [1.54, 1.807) is 30.5 Å². The molecule has 4 heterocycles. The summed E-state index contributed by atoms with van der Waals surface area (Å²) < 4.78 is 17.4. The van der Waals surface area contributed by atoms with Crippen molar-refractivity contribution in [1.29, 1.82) is 0 Å². The Labute approximate surface area is 205 Å². The quantitative estimate of drug-likeness (QED) is 0.381. The fourth-order valence-electron chi connectivity index (χ4n) is 4.40. The first-order valence-corrected chi connectivity index (χ1v) is 11.3. The zero-order valence-electron chi connectivity index (χ0n) is 18.3. The van der Waals surface area contributed by atoms with Gasteiger partial charge in [-0.25, -0.2) is 4.79 Å². The molecule has 2 aliphatic rings. The lowest BCUT2D eigenvalue weighted by Gasteiger charge is -2.26. The third kappa shape index (κ3) is 3.75. The zero-order valence-corrected chi connectivity index (χ0v) is 19.1. The molecule has 2 atom stereocenters. The van der Waals surface area contributed by atoms with Crippen LogP contribution in [0.3, 0.4) is 0 Å². The van der Waals surface area contributed by atoms with Crippen molar-refractivity contribution >= 4 is 29.0 Å². The van der Waals surface area contributed by atoms with Crippen LogP contribution in [-0.4, -0.2) is 28.0 Å². The van der Waals surface area contributed by atoms with Gasteiger partial charge in [0.25, 0.3) is 0 Å². The molecule has 35 heavy (non-hydrogen) atoms. The van der Waals surface area contributed by atoms with E-state index in [0.717, 1.165) is 16.9 Å². The van der Waals surface area contributed by atoms with Gasteiger partial charge in [-0.1, -0.05) is 18.2 Å². The van der Waals surface area contributed by atoms with Crippen molar-refractivity contribution < 1.29 is 23.8 Å². The molecule has 1 saturated heterocycles. The minimum atomic E-state index is -0.972. The summed E-state index contributed by atoms with van der Waals surface area (Å²) in [6.45, 7) is 0.184.